The van der Waals surface area contributed by atoms with Gasteiger partial charge < -0.3 is 4.98 Å². The van der Waals surface area contributed by atoms with Crippen LogP contribution in [-0.2, 0) is 12.0 Å². The molecule has 1 saturated heterocycles. The summed E-state index contributed by atoms with van der Waals surface area (Å²) in [6, 6.07) is 6.67. The van der Waals surface area contributed by atoms with Crippen LogP contribution in [0, 0.1) is 11.7 Å². The molecule has 0 saturated carbocycles. The predicted molar refractivity (Wildman–Crippen MR) is 111 cm³/mol. The van der Waals surface area contributed by atoms with Gasteiger partial charge in [-0.25, -0.2) is 9.37 Å². The highest BCUT2D eigenvalue weighted by Gasteiger charge is 2.46. The van der Waals surface area contributed by atoms with Crippen molar-refractivity contribution in [1.29, 1.82) is 0 Å². The van der Waals surface area contributed by atoms with Crippen LogP contribution in [0.2, 0.25) is 0 Å². The van der Waals surface area contributed by atoms with Gasteiger partial charge in [-0.15, -0.1) is 0 Å². The van der Waals surface area contributed by atoms with Gasteiger partial charge in [0.05, 0.1) is 17.6 Å². The van der Waals surface area contributed by atoms with Crippen molar-refractivity contribution in [2.45, 2.75) is 38.6 Å². The molecular formula is C23H31FN4. The van der Waals surface area contributed by atoms with Crippen LogP contribution >= 0.6 is 0 Å². The molecule has 1 fully saturated rings. The lowest BCUT2D eigenvalue weighted by Crippen LogP contribution is -2.57. The van der Waals surface area contributed by atoms with Crippen molar-refractivity contribution in [3.8, 4) is 0 Å². The number of H-pyrrole nitrogens is 1. The Bertz CT molecular complexity index is 800. The first-order valence-electron chi connectivity index (χ1n) is 10.5. The summed E-state index contributed by atoms with van der Waals surface area (Å²) in [6.07, 6.45) is 9.49. The molecule has 2 aromatic rings. The number of aromatic nitrogens is 2. The molecule has 150 valence electrons. The number of aromatic amines is 1. The number of likely N-dealkylation sites (tertiary alicyclic amines) is 1. The number of hydrogen-bond donors (Lipinski definition) is 1. The molecule has 4 nitrogen and oxygen atoms in total. The summed E-state index contributed by atoms with van der Waals surface area (Å²) in [4.78, 5) is 13.4. The van der Waals surface area contributed by atoms with Gasteiger partial charge in [-0.3, -0.25) is 9.80 Å². The highest BCUT2D eigenvalue weighted by Crippen LogP contribution is 2.42. The summed E-state index contributed by atoms with van der Waals surface area (Å²) in [5, 5.41) is 0. The Morgan fingerprint density at radius 1 is 1.18 bits per heavy atom. The maximum absolute atomic E-state index is 13.0. The minimum Gasteiger partial charge on any atom is -0.348 e. The Hall–Kier alpha value is -1.98. The SMILES string of the molecule is CC(C)CN1CCc2[nH]cnc2C12CCN(CC=Cc1ccc(F)cc1)CC2. The topological polar surface area (TPSA) is 35.2 Å². The fourth-order valence-electron chi connectivity index (χ4n) is 4.80. The lowest BCUT2D eigenvalue weighted by atomic mass is 9.78. The molecule has 0 unspecified atom stereocenters. The van der Waals surface area contributed by atoms with E-state index in [4.69, 9.17) is 4.98 Å². The van der Waals surface area contributed by atoms with Crippen molar-refractivity contribution in [2.75, 3.05) is 32.7 Å². The van der Waals surface area contributed by atoms with Gasteiger partial charge in [0.25, 0.3) is 0 Å². The summed E-state index contributed by atoms with van der Waals surface area (Å²) in [6.45, 7) is 9.97. The van der Waals surface area contributed by atoms with E-state index in [9.17, 15) is 4.39 Å². The predicted octanol–water partition coefficient (Wildman–Crippen LogP) is 4.07. The van der Waals surface area contributed by atoms with Gasteiger partial charge in [0.15, 0.2) is 0 Å². The van der Waals surface area contributed by atoms with Crippen molar-refractivity contribution in [2.24, 2.45) is 5.92 Å². The van der Waals surface area contributed by atoms with Crippen LogP contribution in [0.15, 0.2) is 36.7 Å². The van der Waals surface area contributed by atoms with Crippen LogP contribution in [0.3, 0.4) is 0 Å². The number of rotatable bonds is 5. The highest BCUT2D eigenvalue weighted by atomic mass is 19.1. The quantitative estimate of drug-likeness (QED) is 0.847. The third kappa shape index (κ3) is 3.91. The highest BCUT2D eigenvalue weighted by molar-refractivity contribution is 5.49. The number of piperidine rings is 1. The third-order valence-corrected chi connectivity index (χ3v) is 6.21. The molecule has 2 aliphatic heterocycles. The number of nitrogens with one attached hydrogen (secondary N) is 1. The first kappa shape index (κ1) is 19.3. The monoisotopic (exact) mass is 382 g/mol. The fourth-order valence-corrected chi connectivity index (χ4v) is 4.80. The van der Waals surface area contributed by atoms with Gasteiger partial charge in [0, 0.05) is 44.8 Å². The lowest BCUT2D eigenvalue weighted by Gasteiger charge is -2.51. The Balaban J connectivity index is 1.42. The molecule has 0 amide bonds. The molecular weight excluding hydrogens is 351 g/mol. The Labute approximate surface area is 167 Å². The van der Waals surface area contributed by atoms with E-state index in [0.29, 0.717) is 5.92 Å². The third-order valence-electron chi connectivity index (χ3n) is 6.21. The van der Waals surface area contributed by atoms with Crippen LogP contribution in [0.4, 0.5) is 4.39 Å². The second kappa shape index (κ2) is 8.18. The molecule has 1 spiro atoms. The van der Waals surface area contributed by atoms with Crippen molar-refractivity contribution in [3.63, 3.8) is 0 Å². The van der Waals surface area contributed by atoms with Crippen LogP contribution in [0.1, 0.15) is 43.6 Å². The van der Waals surface area contributed by atoms with E-state index < -0.39 is 0 Å². The molecule has 1 aromatic carbocycles. The number of hydrogen-bond acceptors (Lipinski definition) is 3. The smallest absolute Gasteiger partial charge is 0.123 e. The van der Waals surface area contributed by atoms with E-state index in [1.807, 2.05) is 18.5 Å². The molecule has 0 aliphatic carbocycles. The second-order valence-electron chi connectivity index (χ2n) is 8.61. The van der Waals surface area contributed by atoms with E-state index >= 15 is 0 Å². The fraction of sp³-hybridized carbons (Fsp3) is 0.522. The first-order valence-corrected chi connectivity index (χ1v) is 10.5. The zero-order valence-corrected chi connectivity index (χ0v) is 17.0. The molecule has 5 heteroatoms. The minimum atomic E-state index is -0.186. The van der Waals surface area contributed by atoms with Crippen LogP contribution < -0.4 is 0 Å². The van der Waals surface area contributed by atoms with Crippen molar-refractivity contribution >= 4 is 6.08 Å². The molecule has 0 atom stereocenters. The van der Waals surface area contributed by atoms with Gasteiger partial charge in [-0.05, 0) is 36.5 Å². The summed E-state index contributed by atoms with van der Waals surface area (Å²) in [5.74, 6) is 0.476. The summed E-state index contributed by atoms with van der Waals surface area (Å²) in [7, 11) is 0. The number of benzene rings is 1. The van der Waals surface area contributed by atoms with E-state index in [1.165, 1.54) is 23.5 Å². The lowest BCUT2D eigenvalue weighted by molar-refractivity contribution is 0.000962. The van der Waals surface area contributed by atoms with Crippen LogP contribution in [0.25, 0.3) is 6.08 Å². The van der Waals surface area contributed by atoms with Gasteiger partial charge in [-0.1, -0.05) is 38.1 Å². The zero-order chi connectivity index (χ0) is 19.6. The maximum atomic E-state index is 13.0. The van der Waals surface area contributed by atoms with Crippen molar-refractivity contribution < 1.29 is 4.39 Å². The van der Waals surface area contributed by atoms with E-state index in [-0.39, 0.29) is 11.4 Å². The second-order valence-corrected chi connectivity index (χ2v) is 8.61. The minimum absolute atomic E-state index is 0.0923. The first-order chi connectivity index (χ1) is 13.6. The zero-order valence-electron chi connectivity index (χ0n) is 17.0. The average molecular weight is 383 g/mol. The van der Waals surface area contributed by atoms with E-state index in [1.54, 1.807) is 0 Å². The summed E-state index contributed by atoms with van der Waals surface area (Å²) < 4.78 is 13.0. The number of nitrogens with zero attached hydrogens (tertiary/aromatic N) is 3. The van der Waals surface area contributed by atoms with Crippen molar-refractivity contribution in [3.05, 3.63) is 59.4 Å². The molecule has 1 aromatic heterocycles. The van der Waals surface area contributed by atoms with Crippen LogP contribution in [-0.4, -0.2) is 52.5 Å². The van der Waals surface area contributed by atoms with Gasteiger partial charge in [0.1, 0.15) is 5.82 Å². The van der Waals surface area contributed by atoms with Crippen molar-refractivity contribution in [1.82, 2.24) is 19.8 Å². The van der Waals surface area contributed by atoms with Crippen LogP contribution in [0.5, 0.6) is 0 Å². The largest absolute Gasteiger partial charge is 0.348 e. The molecule has 0 bridgehead atoms. The average Bonchev–Trinajstić information content (AvgIpc) is 3.17. The summed E-state index contributed by atoms with van der Waals surface area (Å²) in [5.41, 5.74) is 3.77. The molecule has 28 heavy (non-hydrogen) atoms. The molecule has 1 N–H and O–H groups in total. The normalized spacial score (nSPS) is 20.3. The van der Waals surface area contributed by atoms with Gasteiger partial charge >= 0.3 is 0 Å². The van der Waals surface area contributed by atoms with E-state index in [0.717, 1.165) is 57.5 Å². The molecule has 3 heterocycles. The molecule has 2 aliphatic rings. The Morgan fingerprint density at radius 2 is 1.93 bits per heavy atom. The van der Waals surface area contributed by atoms with E-state index in [2.05, 4.69) is 40.8 Å². The maximum Gasteiger partial charge on any atom is 0.123 e. The van der Waals surface area contributed by atoms with Gasteiger partial charge in [0.2, 0.25) is 0 Å². The standard InChI is InChI=1S/C23H31FN4/c1-18(2)16-28-13-9-21-22(26-17-25-21)23(28)10-14-27(15-11-23)12-3-4-19-5-7-20(24)8-6-19/h3-8,17-18H,9-16H2,1-2H3,(H,25,26). The number of fused-ring (bicyclic) bond motifs is 2. The Morgan fingerprint density at radius 3 is 2.64 bits per heavy atom. The number of imidazole rings is 1. The molecule has 0 radical (unpaired) electrons. The Kier molecular flexibility index (Phi) is 5.65. The number of halogens is 1. The van der Waals surface area contributed by atoms with Gasteiger partial charge in [-0.2, -0.15) is 0 Å². The molecule has 4 rings (SSSR count). The summed E-state index contributed by atoms with van der Waals surface area (Å²) >= 11 is 0.